The maximum Gasteiger partial charge on any atom is 0.422 e. The molecule has 24 heavy (non-hydrogen) atoms. The number of hydrogen-bond donors (Lipinski definition) is 1. The van der Waals surface area contributed by atoms with Gasteiger partial charge in [0.1, 0.15) is 5.75 Å². The Hall–Kier alpha value is -2.97. The lowest BCUT2D eigenvalue weighted by Crippen LogP contribution is -2.49. The molecule has 2 aliphatic heterocycles. The average Bonchev–Trinajstić information content (AvgIpc) is 3.03. The first-order valence-electron chi connectivity index (χ1n) is 7.33. The summed E-state index contributed by atoms with van der Waals surface area (Å²) in [6, 6.07) is 7.42. The Morgan fingerprint density at radius 1 is 1.21 bits per heavy atom. The number of cyclic esters (lactones) is 1. The lowest BCUT2D eigenvalue weighted by molar-refractivity contribution is -0.223. The van der Waals surface area contributed by atoms with E-state index in [2.05, 4.69) is 5.32 Å². The second-order valence-corrected chi connectivity index (χ2v) is 5.18. The summed E-state index contributed by atoms with van der Waals surface area (Å²) in [5.74, 6) is -3.33. The topological polar surface area (TPSA) is 103 Å². The first-order valence-corrected chi connectivity index (χ1v) is 7.33. The van der Waals surface area contributed by atoms with Crippen LogP contribution < -0.4 is 10.1 Å². The zero-order valence-electron chi connectivity index (χ0n) is 12.9. The number of rotatable bonds is 6. The lowest BCUT2D eigenvalue weighted by Gasteiger charge is -2.26. The van der Waals surface area contributed by atoms with E-state index in [-0.39, 0.29) is 13.2 Å². The molecule has 2 fully saturated rings. The number of nitrogens with zero attached hydrogens (tertiary/aromatic N) is 1. The summed E-state index contributed by atoms with van der Waals surface area (Å²) in [4.78, 5) is 35.4. The molecule has 0 aliphatic carbocycles. The van der Waals surface area contributed by atoms with Crippen molar-refractivity contribution >= 4 is 23.7 Å². The molecular weight excluding hydrogens is 320 g/mol. The average molecular weight is 336 g/mol. The van der Waals surface area contributed by atoms with Gasteiger partial charge in [0, 0.05) is 13.1 Å². The highest BCUT2D eigenvalue weighted by Gasteiger charge is 2.60. The van der Waals surface area contributed by atoms with Gasteiger partial charge in [-0.3, -0.25) is 0 Å². The minimum absolute atomic E-state index is 0.182. The highest BCUT2D eigenvalue weighted by Crippen LogP contribution is 2.32. The van der Waals surface area contributed by atoms with Crippen molar-refractivity contribution in [3.8, 4) is 5.75 Å². The Kier molecular flexibility index (Phi) is 4.15. The summed E-state index contributed by atoms with van der Waals surface area (Å²) in [5, 5.41) is 3.18. The van der Waals surface area contributed by atoms with Gasteiger partial charge in [0.05, 0.1) is 12.8 Å². The summed E-state index contributed by atoms with van der Waals surface area (Å²) in [7, 11) is 1.58. The maximum atomic E-state index is 11.8. The molecule has 2 saturated heterocycles. The third-order valence-electron chi connectivity index (χ3n) is 3.66. The summed E-state index contributed by atoms with van der Waals surface area (Å²) >= 11 is 0. The minimum Gasteiger partial charge on any atom is -0.495 e. The molecule has 0 unspecified atom stereocenters. The number of carbonyl (C=O) groups excluding carboxylic acids is 3. The number of methoxy groups -OCH3 is 1. The Labute approximate surface area is 137 Å². The molecule has 1 N–H and O–H groups in total. The number of hydrogen-bond acceptors (Lipinski definition) is 8. The van der Waals surface area contributed by atoms with Crippen molar-refractivity contribution in [2.75, 3.05) is 32.1 Å². The number of carbonyl (C=O) groups is 3. The van der Waals surface area contributed by atoms with Gasteiger partial charge in [-0.05, 0) is 18.6 Å². The second kappa shape index (κ2) is 6.26. The molecule has 0 saturated carbocycles. The third-order valence-corrected chi connectivity index (χ3v) is 3.66. The predicted molar refractivity (Wildman–Crippen MR) is 79.1 cm³/mol. The van der Waals surface area contributed by atoms with Crippen molar-refractivity contribution in [3.63, 3.8) is 0 Å². The minimum atomic E-state index is -1.77. The number of para-hydroxylation sites is 2. The van der Waals surface area contributed by atoms with Crippen LogP contribution >= 0.6 is 0 Å². The Bertz CT molecular complexity index is 660. The second-order valence-electron chi connectivity index (χ2n) is 5.18. The molecule has 2 aliphatic rings. The molecule has 1 amide bonds. The zero-order chi connectivity index (χ0) is 17.2. The molecule has 1 aromatic carbocycles. The van der Waals surface area contributed by atoms with Gasteiger partial charge in [-0.1, -0.05) is 12.1 Å². The van der Waals surface area contributed by atoms with Gasteiger partial charge < -0.3 is 24.3 Å². The first-order chi connectivity index (χ1) is 11.6. The molecule has 9 heteroatoms. The molecule has 2 heterocycles. The number of benzene rings is 1. The van der Waals surface area contributed by atoms with Gasteiger partial charge in [-0.2, -0.15) is 0 Å². The van der Waals surface area contributed by atoms with E-state index in [1.54, 1.807) is 7.11 Å². The van der Waals surface area contributed by atoms with Gasteiger partial charge in [-0.15, -0.1) is 0 Å². The molecule has 1 spiro atoms. The quantitative estimate of drug-likeness (QED) is 0.460. The van der Waals surface area contributed by atoms with Crippen molar-refractivity contribution in [2.45, 2.75) is 12.3 Å². The van der Waals surface area contributed by atoms with Crippen LogP contribution in [-0.4, -0.2) is 55.6 Å². The van der Waals surface area contributed by atoms with Crippen LogP contribution in [0.4, 0.5) is 10.5 Å². The smallest absolute Gasteiger partial charge is 0.422 e. The van der Waals surface area contributed by atoms with Crippen LogP contribution in [-0.2, 0) is 23.8 Å². The normalized spacial score (nSPS) is 18.4. The number of amides is 1. The monoisotopic (exact) mass is 336 g/mol. The zero-order valence-corrected chi connectivity index (χ0v) is 12.9. The van der Waals surface area contributed by atoms with Crippen molar-refractivity contribution in [1.29, 1.82) is 0 Å². The van der Waals surface area contributed by atoms with Crippen molar-refractivity contribution < 1.29 is 33.3 Å². The Balaban J connectivity index is 1.56. The molecule has 0 radical (unpaired) electrons. The Morgan fingerprint density at radius 3 is 2.62 bits per heavy atom. The largest absolute Gasteiger partial charge is 0.495 e. The fourth-order valence-corrected chi connectivity index (χ4v) is 2.52. The van der Waals surface area contributed by atoms with Crippen molar-refractivity contribution in [3.05, 3.63) is 24.3 Å². The lowest BCUT2D eigenvalue weighted by atomic mass is 10.3. The predicted octanol–water partition coefficient (Wildman–Crippen LogP) is 0.703. The molecule has 0 bridgehead atoms. The van der Waals surface area contributed by atoms with E-state index < -0.39 is 23.9 Å². The molecule has 3 rings (SSSR count). The van der Waals surface area contributed by atoms with Crippen LogP contribution in [0.3, 0.4) is 0 Å². The van der Waals surface area contributed by atoms with Crippen LogP contribution in [0.15, 0.2) is 24.3 Å². The number of anilines is 1. The third kappa shape index (κ3) is 2.80. The number of esters is 2. The van der Waals surface area contributed by atoms with Gasteiger partial charge in [0.2, 0.25) is 0 Å². The summed E-state index contributed by atoms with van der Waals surface area (Å²) < 4.78 is 19.8. The molecular formula is C15H16N2O7. The molecule has 128 valence electrons. The summed E-state index contributed by atoms with van der Waals surface area (Å²) in [6.45, 7) is 0.368. The van der Waals surface area contributed by atoms with Crippen LogP contribution in [0.1, 0.15) is 6.42 Å². The van der Waals surface area contributed by atoms with Crippen LogP contribution in [0.5, 0.6) is 5.75 Å². The number of ether oxygens (including phenoxy) is 4. The highest BCUT2D eigenvalue weighted by atomic mass is 16.8. The molecule has 1 aromatic rings. The number of nitrogens with one attached hydrogen (secondary N) is 1. The van der Waals surface area contributed by atoms with Crippen molar-refractivity contribution in [1.82, 2.24) is 4.90 Å². The molecule has 9 nitrogen and oxygen atoms in total. The fraction of sp³-hybridized carbons (Fsp3) is 0.400. The standard InChI is InChI=1S/C15H16N2O7/c1-21-11-6-3-2-5-10(11)16-7-4-8-17-14(20)22-9-15(17)23-12(18)13(19)24-15/h2-3,5-6,16H,4,7-9H2,1H3. The maximum absolute atomic E-state index is 11.8. The highest BCUT2D eigenvalue weighted by molar-refractivity contribution is 6.31. The fourth-order valence-electron chi connectivity index (χ4n) is 2.52. The summed E-state index contributed by atoms with van der Waals surface area (Å²) in [6.07, 6.45) is -0.195. The first kappa shape index (κ1) is 15.9. The van der Waals surface area contributed by atoms with Crippen molar-refractivity contribution in [2.24, 2.45) is 0 Å². The van der Waals surface area contributed by atoms with E-state index in [1.165, 1.54) is 0 Å². The van der Waals surface area contributed by atoms with Crippen LogP contribution in [0.25, 0.3) is 0 Å². The molecule has 0 atom stereocenters. The van der Waals surface area contributed by atoms with E-state index in [0.29, 0.717) is 18.7 Å². The van der Waals surface area contributed by atoms with E-state index in [1.807, 2.05) is 24.3 Å². The van der Waals surface area contributed by atoms with E-state index in [4.69, 9.17) is 18.9 Å². The Morgan fingerprint density at radius 2 is 1.92 bits per heavy atom. The summed E-state index contributed by atoms with van der Waals surface area (Å²) in [5.41, 5.74) is 0.817. The SMILES string of the molecule is COc1ccccc1NCCCN1C(=O)OCC12OC(=O)C(=O)O2. The van der Waals surface area contributed by atoms with Gasteiger partial charge >= 0.3 is 23.9 Å². The van der Waals surface area contributed by atoms with Crippen LogP contribution in [0, 0.1) is 0 Å². The van der Waals surface area contributed by atoms with Gasteiger partial charge in [-0.25, -0.2) is 19.3 Å². The van der Waals surface area contributed by atoms with E-state index in [9.17, 15) is 14.4 Å². The van der Waals surface area contributed by atoms with Crippen LogP contribution in [0.2, 0.25) is 0 Å². The van der Waals surface area contributed by atoms with E-state index in [0.717, 1.165) is 10.6 Å². The van der Waals surface area contributed by atoms with Gasteiger partial charge in [0.25, 0.3) is 0 Å². The van der Waals surface area contributed by atoms with Gasteiger partial charge in [0.15, 0.2) is 6.61 Å². The van der Waals surface area contributed by atoms with E-state index >= 15 is 0 Å². The molecule has 0 aromatic heterocycles.